The SMILES string of the molecule is CC(C)NCC(C)c1ccc(Br)cc1. The van der Waals surface area contributed by atoms with E-state index in [2.05, 4.69) is 66.3 Å². The summed E-state index contributed by atoms with van der Waals surface area (Å²) in [5.41, 5.74) is 1.39. The molecule has 0 heterocycles. The molecule has 0 aliphatic rings. The maximum absolute atomic E-state index is 3.45. The predicted molar refractivity (Wildman–Crippen MR) is 65.7 cm³/mol. The van der Waals surface area contributed by atoms with Gasteiger partial charge in [-0.1, -0.05) is 48.8 Å². The quantitative estimate of drug-likeness (QED) is 0.868. The van der Waals surface area contributed by atoms with Crippen LogP contribution in [0.25, 0.3) is 0 Å². The zero-order valence-corrected chi connectivity index (χ0v) is 10.6. The van der Waals surface area contributed by atoms with Gasteiger partial charge in [-0.3, -0.25) is 0 Å². The van der Waals surface area contributed by atoms with E-state index in [9.17, 15) is 0 Å². The summed E-state index contributed by atoms with van der Waals surface area (Å²) in [7, 11) is 0. The molecule has 78 valence electrons. The van der Waals surface area contributed by atoms with E-state index in [0.717, 1.165) is 11.0 Å². The van der Waals surface area contributed by atoms with Crippen molar-refractivity contribution in [2.24, 2.45) is 0 Å². The molecule has 0 bridgehead atoms. The second-order valence-corrected chi connectivity index (χ2v) is 4.93. The monoisotopic (exact) mass is 255 g/mol. The van der Waals surface area contributed by atoms with Gasteiger partial charge in [-0.2, -0.15) is 0 Å². The average molecular weight is 256 g/mol. The lowest BCUT2D eigenvalue weighted by molar-refractivity contribution is 0.548. The van der Waals surface area contributed by atoms with E-state index in [4.69, 9.17) is 0 Å². The van der Waals surface area contributed by atoms with E-state index in [1.165, 1.54) is 5.56 Å². The third-order valence-electron chi connectivity index (χ3n) is 2.27. The van der Waals surface area contributed by atoms with Gasteiger partial charge in [0.05, 0.1) is 0 Å². The normalized spacial score (nSPS) is 13.2. The molecule has 14 heavy (non-hydrogen) atoms. The Morgan fingerprint density at radius 1 is 1.14 bits per heavy atom. The lowest BCUT2D eigenvalue weighted by Crippen LogP contribution is -2.26. The number of hydrogen-bond acceptors (Lipinski definition) is 1. The molecule has 0 saturated carbocycles. The maximum Gasteiger partial charge on any atom is 0.0175 e. The van der Waals surface area contributed by atoms with Crippen LogP contribution in [0.4, 0.5) is 0 Å². The van der Waals surface area contributed by atoms with Gasteiger partial charge >= 0.3 is 0 Å². The molecule has 1 unspecified atom stereocenters. The van der Waals surface area contributed by atoms with Crippen LogP contribution in [0, 0.1) is 0 Å². The van der Waals surface area contributed by atoms with Gasteiger partial charge in [0.25, 0.3) is 0 Å². The van der Waals surface area contributed by atoms with Crippen molar-refractivity contribution in [2.45, 2.75) is 32.7 Å². The minimum absolute atomic E-state index is 0.563. The highest BCUT2D eigenvalue weighted by atomic mass is 79.9. The van der Waals surface area contributed by atoms with E-state index < -0.39 is 0 Å². The summed E-state index contributed by atoms with van der Waals surface area (Å²) in [6, 6.07) is 9.11. The highest BCUT2D eigenvalue weighted by molar-refractivity contribution is 9.10. The molecule has 0 saturated heterocycles. The van der Waals surface area contributed by atoms with Crippen LogP contribution in [0.3, 0.4) is 0 Å². The van der Waals surface area contributed by atoms with Crippen molar-refractivity contribution >= 4 is 15.9 Å². The van der Waals surface area contributed by atoms with Gasteiger partial charge in [0, 0.05) is 17.1 Å². The van der Waals surface area contributed by atoms with Crippen LogP contribution in [-0.2, 0) is 0 Å². The Hall–Kier alpha value is -0.340. The van der Waals surface area contributed by atoms with Crippen molar-refractivity contribution in [3.8, 4) is 0 Å². The van der Waals surface area contributed by atoms with Gasteiger partial charge in [0.15, 0.2) is 0 Å². The van der Waals surface area contributed by atoms with Crippen LogP contribution in [0.1, 0.15) is 32.3 Å². The van der Waals surface area contributed by atoms with Crippen LogP contribution in [0.5, 0.6) is 0 Å². The Labute approximate surface area is 95.0 Å². The maximum atomic E-state index is 3.45. The topological polar surface area (TPSA) is 12.0 Å². The Balaban J connectivity index is 2.52. The van der Waals surface area contributed by atoms with Crippen molar-refractivity contribution in [1.29, 1.82) is 0 Å². The molecule has 0 aliphatic carbocycles. The fourth-order valence-electron chi connectivity index (χ4n) is 1.32. The number of rotatable bonds is 4. The van der Waals surface area contributed by atoms with Crippen molar-refractivity contribution in [3.05, 3.63) is 34.3 Å². The second kappa shape index (κ2) is 5.52. The first kappa shape index (κ1) is 11.7. The predicted octanol–water partition coefficient (Wildman–Crippen LogP) is 3.55. The molecule has 1 rings (SSSR count). The molecule has 0 aromatic heterocycles. The molecule has 0 amide bonds. The molecular weight excluding hydrogens is 238 g/mol. The van der Waals surface area contributed by atoms with Crippen molar-refractivity contribution < 1.29 is 0 Å². The van der Waals surface area contributed by atoms with Gasteiger partial charge in [-0.05, 0) is 23.6 Å². The Morgan fingerprint density at radius 2 is 1.71 bits per heavy atom. The molecule has 1 aromatic carbocycles. The summed E-state index contributed by atoms with van der Waals surface area (Å²) >= 11 is 3.44. The summed E-state index contributed by atoms with van der Waals surface area (Å²) in [5.74, 6) is 0.575. The summed E-state index contributed by atoms with van der Waals surface area (Å²) in [6.07, 6.45) is 0. The fraction of sp³-hybridized carbons (Fsp3) is 0.500. The van der Waals surface area contributed by atoms with E-state index in [1.807, 2.05) is 0 Å². The van der Waals surface area contributed by atoms with Crippen molar-refractivity contribution in [2.75, 3.05) is 6.54 Å². The van der Waals surface area contributed by atoms with Gasteiger partial charge in [0.1, 0.15) is 0 Å². The van der Waals surface area contributed by atoms with Crippen LogP contribution in [0.2, 0.25) is 0 Å². The molecule has 0 fully saturated rings. The molecule has 2 heteroatoms. The Bertz CT molecular complexity index is 266. The first-order valence-corrected chi connectivity index (χ1v) is 5.87. The number of benzene rings is 1. The Morgan fingerprint density at radius 3 is 2.21 bits per heavy atom. The third-order valence-corrected chi connectivity index (χ3v) is 2.80. The highest BCUT2D eigenvalue weighted by Gasteiger charge is 2.05. The average Bonchev–Trinajstić information content (AvgIpc) is 2.15. The second-order valence-electron chi connectivity index (χ2n) is 4.02. The lowest BCUT2D eigenvalue weighted by atomic mass is 10.0. The standard InChI is InChI=1S/C12H18BrN/c1-9(2)14-8-10(3)11-4-6-12(13)7-5-11/h4-7,9-10,14H,8H2,1-3H3. The van der Waals surface area contributed by atoms with Gasteiger partial charge in [0.2, 0.25) is 0 Å². The van der Waals surface area contributed by atoms with Crippen LogP contribution in [0.15, 0.2) is 28.7 Å². The largest absolute Gasteiger partial charge is 0.314 e. The highest BCUT2D eigenvalue weighted by Crippen LogP contribution is 2.17. The summed E-state index contributed by atoms with van der Waals surface area (Å²) in [5, 5.41) is 3.45. The summed E-state index contributed by atoms with van der Waals surface area (Å²) in [4.78, 5) is 0. The number of halogens is 1. The van der Waals surface area contributed by atoms with Crippen LogP contribution in [-0.4, -0.2) is 12.6 Å². The van der Waals surface area contributed by atoms with Crippen LogP contribution < -0.4 is 5.32 Å². The van der Waals surface area contributed by atoms with Crippen LogP contribution >= 0.6 is 15.9 Å². The smallest absolute Gasteiger partial charge is 0.0175 e. The van der Waals surface area contributed by atoms with Crippen molar-refractivity contribution in [3.63, 3.8) is 0 Å². The lowest BCUT2D eigenvalue weighted by Gasteiger charge is -2.15. The minimum Gasteiger partial charge on any atom is -0.314 e. The summed E-state index contributed by atoms with van der Waals surface area (Å²) < 4.78 is 1.14. The number of nitrogens with one attached hydrogen (secondary N) is 1. The first-order chi connectivity index (χ1) is 6.59. The molecule has 1 N–H and O–H groups in total. The zero-order valence-electron chi connectivity index (χ0n) is 9.05. The van der Waals surface area contributed by atoms with Gasteiger partial charge in [-0.25, -0.2) is 0 Å². The molecule has 1 nitrogen and oxygen atoms in total. The van der Waals surface area contributed by atoms with Gasteiger partial charge in [-0.15, -0.1) is 0 Å². The molecule has 0 spiro atoms. The third kappa shape index (κ3) is 3.81. The minimum atomic E-state index is 0.563. The molecule has 0 radical (unpaired) electrons. The Kier molecular flexibility index (Phi) is 4.63. The molecule has 0 aliphatic heterocycles. The zero-order chi connectivity index (χ0) is 10.6. The summed E-state index contributed by atoms with van der Waals surface area (Å²) in [6.45, 7) is 7.64. The van der Waals surface area contributed by atoms with Gasteiger partial charge < -0.3 is 5.32 Å². The van der Waals surface area contributed by atoms with E-state index >= 15 is 0 Å². The van der Waals surface area contributed by atoms with E-state index in [0.29, 0.717) is 12.0 Å². The van der Waals surface area contributed by atoms with E-state index in [-0.39, 0.29) is 0 Å². The van der Waals surface area contributed by atoms with E-state index in [1.54, 1.807) is 0 Å². The fourth-order valence-corrected chi connectivity index (χ4v) is 1.59. The first-order valence-electron chi connectivity index (χ1n) is 5.08. The number of hydrogen-bond donors (Lipinski definition) is 1. The molecule has 1 atom stereocenters. The van der Waals surface area contributed by atoms with Crippen molar-refractivity contribution in [1.82, 2.24) is 5.32 Å². The molecular formula is C12H18BrN. The molecule has 1 aromatic rings.